The summed E-state index contributed by atoms with van der Waals surface area (Å²) in [5, 5.41) is 13.9. The third-order valence-corrected chi connectivity index (χ3v) is 8.73. The number of rotatable bonds is 2. The van der Waals surface area contributed by atoms with Gasteiger partial charge in [-0.2, -0.15) is 5.26 Å². The second kappa shape index (κ2) is 8.18. The van der Waals surface area contributed by atoms with Crippen molar-refractivity contribution in [1.29, 1.82) is 5.26 Å². The Hall–Kier alpha value is -5.13. The molecule has 7 aromatic rings. The lowest BCUT2D eigenvalue weighted by molar-refractivity contribution is 0.647. The van der Waals surface area contributed by atoms with E-state index < -0.39 is 0 Å². The fourth-order valence-electron chi connectivity index (χ4n) is 6.67. The fraction of sp³-hybridized carbons (Fsp3) is 0.0789. The number of furan rings is 1. The van der Waals surface area contributed by atoms with Crippen LogP contribution in [0.1, 0.15) is 30.5 Å². The van der Waals surface area contributed by atoms with Crippen molar-refractivity contribution in [2.45, 2.75) is 19.3 Å². The Morgan fingerprint density at radius 1 is 0.525 bits per heavy atom. The number of fused-ring (bicyclic) bond motifs is 7. The van der Waals surface area contributed by atoms with Crippen LogP contribution in [0.25, 0.3) is 66.1 Å². The molecule has 40 heavy (non-hydrogen) atoms. The molecule has 6 aromatic carbocycles. The Morgan fingerprint density at radius 2 is 1.18 bits per heavy atom. The van der Waals surface area contributed by atoms with Crippen LogP contribution in [0, 0.1) is 11.3 Å². The van der Waals surface area contributed by atoms with Gasteiger partial charge in [-0.3, -0.25) is 0 Å². The van der Waals surface area contributed by atoms with Crippen LogP contribution in [0.3, 0.4) is 0 Å². The summed E-state index contributed by atoms with van der Waals surface area (Å²) in [7, 11) is 0. The molecule has 0 unspecified atom stereocenters. The van der Waals surface area contributed by atoms with Gasteiger partial charge >= 0.3 is 0 Å². The van der Waals surface area contributed by atoms with Crippen molar-refractivity contribution in [1.82, 2.24) is 0 Å². The smallest absolute Gasteiger partial charge is 0.135 e. The molecule has 0 aliphatic heterocycles. The zero-order valence-corrected chi connectivity index (χ0v) is 22.3. The van der Waals surface area contributed by atoms with Crippen molar-refractivity contribution < 1.29 is 4.42 Å². The van der Waals surface area contributed by atoms with Crippen LogP contribution in [0.5, 0.6) is 0 Å². The first-order chi connectivity index (χ1) is 19.5. The lowest BCUT2D eigenvalue weighted by Crippen LogP contribution is -2.14. The quantitative estimate of drug-likeness (QED) is 0.231. The normalized spacial score (nSPS) is 13.4. The van der Waals surface area contributed by atoms with Gasteiger partial charge in [-0.15, -0.1) is 0 Å². The van der Waals surface area contributed by atoms with E-state index in [4.69, 9.17) is 4.42 Å². The molecule has 0 bridgehead atoms. The zero-order chi connectivity index (χ0) is 27.0. The predicted octanol–water partition coefficient (Wildman–Crippen LogP) is 10.3. The van der Waals surface area contributed by atoms with Crippen LogP contribution >= 0.6 is 0 Å². The van der Waals surface area contributed by atoms with E-state index in [1.807, 2.05) is 24.3 Å². The number of hydrogen-bond acceptors (Lipinski definition) is 2. The Kier molecular flexibility index (Phi) is 4.67. The Labute approximate surface area is 232 Å². The van der Waals surface area contributed by atoms with Gasteiger partial charge in [0.2, 0.25) is 0 Å². The van der Waals surface area contributed by atoms with Gasteiger partial charge < -0.3 is 4.42 Å². The molecular formula is C38H25NO. The van der Waals surface area contributed by atoms with Crippen molar-refractivity contribution in [3.63, 3.8) is 0 Å². The molecule has 0 saturated carbocycles. The van der Waals surface area contributed by atoms with Crippen molar-refractivity contribution in [2.75, 3.05) is 0 Å². The van der Waals surface area contributed by atoms with Crippen LogP contribution in [-0.2, 0) is 5.41 Å². The van der Waals surface area contributed by atoms with Crippen LogP contribution in [0.2, 0.25) is 0 Å². The van der Waals surface area contributed by atoms with Gasteiger partial charge in [-0.1, -0.05) is 92.7 Å². The SMILES string of the molecule is CC1(C)c2ccccc2-c2cc3c(cc21)oc1ccc(-c2ccc(-c4ccc(C#N)cc4)c4ccccc24)cc13. The first-order valence-corrected chi connectivity index (χ1v) is 13.7. The minimum atomic E-state index is -0.0557. The summed E-state index contributed by atoms with van der Waals surface area (Å²) in [5.74, 6) is 0. The highest BCUT2D eigenvalue weighted by atomic mass is 16.3. The maximum atomic E-state index is 9.21. The van der Waals surface area contributed by atoms with Gasteiger partial charge in [0.25, 0.3) is 0 Å². The second-order valence-electron chi connectivity index (χ2n) is 11.3. The maximum absolute atomic E-state index is 9.21. The summed E-state index contributed by atoms with van der Waals surface area (Å²) in [6.45, 7) is 4.60. The standard InChI is InChI=1S/C38H25NO/c1-38(2)34-10-6-5-9-30(34)31-20-33-32-19-25(15-18-36(32)40-37(33)21-35(31)38)27-17-16-26(28-7-3-4-8-29(27)28)24-13-11-23(22-39)12-14-24/h3-21H,1-2H3. The topological polar surface area (TPSA) is 36.9 Å². The molecule has 0 spiro atoms. The summed E-state index contributed by atoms with van der Waals surface area (Å²) < 4.78 is 6.42. The molecule has 2 heteroatoms. The van der Waals surface area contributed by atoms with Crippen molar-refractivity contribution in [2.24, 2.45) is 0 Å². The minimum absolute atomic E-state index is 0.0557. The summed E-state index contributed by atoms with van der Waals surface area (Å²) in [6, 6.07) is 42.9. The number of benzene rings is 6. The van der Waals surface area contributed by atoms with E-state index in [0.29, 0.717) is 5.56 Å². The van der Waals surface area contributed by atoms with E-state index in [1.54, 1.807) is 0 Å². The Bertz CT molecular complexity index is 2190. The van der Waals surface area contributed by atoms with Gasteiger partial charge in [-0.05, 0) is 91.7 Å². The highest BCUT2D eigenvalue weighted by Gasteiger charge is 2.36. The summed E-state index contributed by atoms with van der Waals surface area (Å²) in [6.07, 6.45) is 0. The van der Waals surface area contributed by atoms with Crippen LogP contribution < -0.4 is 0 Å². The summed E-state index contributed by atoms with van der Waals surface area (Å²) in [4.78, 5) is 0. The van der Waals surface area contributed by atoms with E-state index in [-0.39, 0.29) is 5.41 Å². The third-order valence-electron chi connectivity index (χ3n) is 8.73. The van der Waals surface area contributed by atoms with E-state index in [9.17, 15) is 5.26 Å². The lowest BCUT2D eigenvalue weighted by atomic mass is 9.82. The number of nitriles is 1. The molecule has 1 heterocycles. The fourth-order valence-corrected chi connectivity index (χ4v) is 6.67. The average Bonchev–Trinajstić information content (AvgIpc) is 3.47. The van der Waals surface area contributed by atoms with Crippen molar-refractivity contribution in [3.8, 4) is 39.4 Å². The predicted molar refractivity (Wildman–Crippen MR) is 164 cm³/mol. The molecule has 0 radical (unpaired) electrons. The van der Waals surface area contributed by atoms with E-state index in [2.05, 4.69) is 111 Å². The van der Waals surface area contributed by atoms with Crippen molar-refractivity contribution in [3.05, 3.63) is 132 Å². The molecule has 0 N–H and O–H groups in total. The molecule has 0 atom stereocenters. The highest BCUT2D eigenvalue weighted by molar-refractivity contribution is 6.11. The van der Waals surface area contributed by atoms with Gasteiger partial charge in [0, 0.05) is 16.2 Å². The maximum Gasteiger partial charge on any atom is 0.135 e. The average molecular weight is 512 g/mol. The van der Waals surface area contributed by atoms with E-state index >= 15 is 0 Å². The van der Waals surface area contributed by atoms with Gasteiger partial charge in [0.15, 0.2) is 0 Å². The molecule has 1 aromatic heterocycles. The molecule has 2 nitrogen and oxygen atoms in total. The Morgan fingerprint density at radius 3 is 1.93 bits per heavy atom. The van der Waals surface area contributed by atoms with Crippen LogP contribution in [0.4, 0.5) is 0 Å². The third kappa shape index (κ3) is 3.15. The van der Waals surface area contributed by atoms with Gasteiger partial charge in [0.1, 0.15) is 11.2 Å². The van der Waals surface area contributed by atoms with Crippen molar-refractivity contribution >= 4 is 32.7 Å². The van der Waals surface area contributed by atoms with Gasteiger partial charge in [-0.25, -0.2) is 0 Å². The first-order valence-electron chi connectivity index (χ1n) is 13.7. The molecule has 188 valence electrons. The monoisotopic (exact) mass is 511 g/mol. The molecule has 1 aliphatic carbocycles. The summed E-state index contributed by atoms with van der Waals surface area (Å²) in [5.41, 5.74) is 12.4. The number of nitrogens with zero attached hydrogens (tertiary/aromatic N) is 1. The lowest BCUT2D eigenvalue weighted by Gasteiger charge is -2.21. The van der Waals surface area contributed by atoms with Gasteiger partial charge in [0.05, 0.1) is 11.6 Å². The molecule has 0 saturated heterocycles. The minimum Gasteiger partial charge on any atom is -0.456 e. The molecule has 0 fully saturated rings. The summed E-state index contributed by atoms with van der Waals surface area (Å²) >= 11 is 0. The van der Waals surface area contributed by atoms with Crippen LogP contribution in [-0.4, -0.2) is 0 Å². The molecule has 0 amide bonds. The largest absolute Gasteiger partial charge is 0.456 e. The highest BCUT2D eigenvalue weighted by Crippen LogP contribution is 2.51. The first kappa shape index (κ1) is 22.8. The molecular weight excluding hydrogens is 486 g/mol. The molecule has 1 aliphatic rings. The molecule has 8 rings (SSSR count). The Balaban J connectivity index is 1.32. The van der Waals surface area contributed by atoms with Crippen LogP contribution in [0.15, 0.2) is 120 Å². The number of hydrogen-bond donors (Lipinski definition) is 0. The van der Waals surface area contributed by atoms with E-state index in [0.717, 1.165) is 33.1 Å². The zero-order valence-electron chi connectivity index (χ0n) is 22.3. The van der Waals surface area contributed by atoms with E-state index in [1.165, 1.54) is 44.2 Å². The second-order valence-corrected chi connectivity index (χ2v) is 11.3.